The van der Waals surface area contributed by atoms with Crippen LogP contribution in [0.15, 0.2) is 53.7 Å². The highest BCUT2D eigenvalue weighted by molar-refractivity contribution is 7.90. The van der Waals surface area contributed by atoms with E-state index in [9.17, 15) is 8.42 Å². The summed E-state index contributed by atoms with van der Waals surface area (Å²) < 4.78 is 31.6. The highest BCUT2D eigenvalue weighted by Crippen LogP contribution is 2.23. The van der Waals surface area contributed by atoms with Gasteiger partial charge in [-0.1, -0.05) is 17.7 Å². The minimum atomic E-state index is -3.65. The van der Waals surface area contributed by atoms with Crippen molar-refractivity contribution in [2.75, 3.05) is 7.11 Å². The number of aromatic nitrogens is 2. The molecule has 2 heterocycles. The third-order valence-electron chi connectivity index (χ3n) is 3.28. The Morgan fingerprint density at radius 1 is 1.14 bits per heavy atom. The number of hydrogen-bond donors (Lipinski definition) is 0. The van der Waals surface area contributed by atoms with Crippen LogP contribution in [0.25, 0.3) is 11.0 Å². The number of nitrogens with zero attached hydrogens (tertiary/aromatic N) is 2. The van der Waals surface area contributed by atoms with Crippen LogP contribution in [0.5, 0.6) is 5.75 Å². The molecule has 0 spiro atoms. The molecule has 0 amide bonds. The van der Waals surface area contributed by atoms with Crippen molar-refractivity contribution in [2.24, 2.45) is 0 Å². The molecule has 2 aromatic heterocycles. The van der Waals surface area contributed by atoms with Crippen LogP contribution in [-0.4, -0.2) is 24.5 Å². The van der Waals surface area contributed by atoms with Crippen molar-refractivity contribution in [3.05, 3.63) is 54.4 Å². The summed E-state index contributed by atoms with van der Waals surface area (Å²) >= 11 is 0. The Bertz CT molecular complexity index is 896. The SMILES string of the molecule is COc1cnc2c(ccn2S(=O)(=O)c2ccc(C)cc2)c1. The topological polar surface area (TPSA) is 61.2 Å². The molecule has 0 unspecified atom stereocenters. The molecule has 6 heteroatoms. The minimum Gasteiger partial charge on any atom is -0.495 e. The lowest BCUT2D eigenvalue weighted by Crippen LogP contribution is -2.12. The molecule has 0 fully saturated rings. The molecule has 21 heavy (non-hydrogen) atoms. The van der Waals surface area contributed by atoms with Crippen LogP contribution >= 0.6 is 0 Å². The third-order valence-corrected chi connectivity index (χ3v) is 4.96. The Hall–Kier alpha value is -2.34. The van der Waals surface area contributed by atoms with Crippen molar-refractivity contribution >= 4 is 21.1 Å². The molecule has 3 rings (SSSR count). The predicted octanol–water partition coefficient (Wildman–Crippen LogP) is 2.59. The van der Waals surface area contributed by atoms with Crippen LogP contribution in [0, 0.1) is 6.92 Å². The van der Waals surface area contributed by atoms with Crippen molar-refractivity contribution in [1.29, 1.82) is 0 Å². The molecule has 0 aliphatic heterocycles. The molecule has 0 N–H and O–H groups in total. The zero-order valence-electron chi connectivity index (χ0n) is 11.6. The molecular formula is C15H14N2O3S. The molecule has 0 saturated heterocycles. The normalized spacial score (nSPS) is 11.7. The van der Waals surface area contributed by atoms with E-state index in [1.165, 1.54) is 16.4 Å². The Kier molecular flexibility index (Phi) is 3.17. The Labute approximate surface area is 122 Å². The number of pyridine rings is 1. The third kappa shape index (κ3) is 2.27. The van der Waals surface area contributed by atoms with Gasteiger partial charge in [-0.2, -0.15) is 0 Å². The van der Waals surface area contributed by atoms with E-state index in [0.29, 0.717) is 16.8 Å². The molecule has 0 aliphatic carbocycles. The lowest BCUT2D eigenvalue weighted by atomic mass is 10.2. The van der Waals surface area contributed by atoms with E-state index in [2.05, 4.69) is 4.98 Å². The predicted molar refractivity (Wildman–Crippen MR) is 80.0 cm³/mol. The van der Waals surface area contributed by atoms with Gasteiger partial charge in [0.05, 0.1) is 18.2 Å². The van der Waals surface area contributed by atoms with E-state index in [-0.39, 0.29) is 4.90 Å². The van der Waals surface area contributed by atoms with Crippen molar-refractivity contribution < 1.29 is 13.2 Å². The van der Waals surface area contributed by atoms with Crippen LogP contribution in [0.1, 0.15) is 5.56 Å². The number of rotatable bonds is 3. The van der Waals surface area contributed by atoms with E-state index >= 15 is 0 Å². The first-order valence-electron chi connectivity index (χ1n) is 6.36. The number of hydrogen-bond acceptors (Lipinski definition) is 4. The average molecular weight is 302 g/mol. The summed E-state index contributed by atoms with van der Waals surface area (Å²) in [7, 11) is -2.10. The second kappa shape index (κ2) is 4.89. The second-order valence-electron chi connectivity index (χ2n) is 4.72. The van der Waals surface area contributed by atoms with E-state index in [0.717, 1.165) is 5.56 Å². The first-order chi connectivity index (χ1) is 10.0. The van der Waals surface area contributed by atoms with Gasteiger partial charge in [0.1, 0.15) is 5.75 Å². The smallest absolute Gasteiger partial charge is 0.269 e. The molecular weight excluding hydrogens is 288 g/mol. The van der Waals surface area contributed by atoms with Crippen LogP contribution in [0.2, 0.25) is 0 Å². The number of ether oxygens (including phenoxy) is 1. The lowest BCUT2D eigenvalue weighted by molar-refractivity contribution is 0.413. The minimum absolute atomic E-state index is 0.239. The molecule has 5 nitrogen and oxygen atoms in total. The van der Waals surface area contributed by atoms with Gasteiger partial charge in [0.2, 0.25) is 0 Å². The fourth-order valence-corrected chi connectivity index (χ4v) is 3.42. The van der Waals surface area contributed by atoms with Crippen molar-refractivity contribution in [3.8, 4) is 5.75 Å². The van der Waals surface area contributed by atoms with Gasteiger partial charge in [-0.15, -0.1) is 0 Å². The summed E-state index contributed by atoms with van der Waals surface area (Å²) in [4.78, 5) is 4.42. The van der Waals surface area contributed by atoms with Gasteiger partial charge in [0.15, 0.2) is 5.65 Å². The van der Waals surface area contributed by atoms with Gasteiger partial charge in [-0.05, 0) is 31.2 Å². The highest BCUT2D eigenvalue weighted by atomic mass is 32.2. The molecule has 3 aromatic rings. The number of aryl methyl sites for hydroxylation is 1. The van der Waals surface area contributed by atoms with Crippen LogP contribution in [0.4, 0.5) is 0 Å². The molecule has 0 aliphatic rings. The summed E-state index contributed by atoms with van der Waals surface area (Å²) in [6.07, 6.45) is 3.01. The molecule has 0 atom stereocenters. The fraction of sp³-hybridized carbons (Fsp3) is 0.133. The molecule has 0 radical (unpaired) electrons. The van der Waals surface area contributed by atoms with E-state index in [1.54, 1.807) is 43.5 Å². The second-order valence-corrected chi connectivity index (χ2v) is 6.53. The molecule has 0 saturated carbocycles. The highest BCUT2D eigenvalue weighted by Gasteiger charge is 2.19. The first-order valence-corrected chi connectivity index (χ1v) is 7.80. The quantitative estimate of drug-likeness (QED) is 0.746. The van der Waals surface area contributed by atoms with Crippen molar-refractivity contribution in [3.63, 3.8) is 0 Å². The largest absolute Gasteiger partial charge is 0.495 e. The maximum atomic E-state index is 12.7. The first kappa shape index (κ1) is 13.6. The number of methoxy groups -OCH3 is 1. The van der Waals surface area contributed by atoms with Crippen molar-refractivity contribution in [2.45, 2.75) is 11.8 Å². The molecule has 1 aromatic carbocycles. The number of benzene rings is 1. The molecule has 108 valence electrons. The summed E-state index contributed by atoms with van der Waals surface area (Å²) in [6.45, 7) is 1.91. The fourth-order valence-electron chi connectivity index (χ4n) is 2.11. The van der Waals surface area contributed by atoms with Crippen LogP contribution < -0.4 is 4.74 Å². The van der Waals surface area contributed by atoms with E-state index in [4.69, 9.17) is 4.74 Å². The summed E-state index contributed by atoms with van der Waals surface area (Å²) in [5.41, 5.74) is 1.39. The monoisotopic (exact) mass is 302 g/mol. The van der Waals surface area contributed by atoms with Gasteiger partial charge < -0.3 is 4.74 Å². The van der Waals surface area contributed by atoms with Gasteiger partial charge in [-0.3, -0.25) is 0 Å². The lowest BCUT2D eigenvalue weighted by Gasteiger charge is -2.07. The average Bonchev–Trinajstić information content (AvgIpc) is 2.91. The zero-order chi connectivity index (χ0) is 15.0. The summed E-state index contributed by atoms with van der Waals surface area (Å²) in [5.74, 6) is 0.591. The van der Waals surface area contributed by atoms with Crippen LogP contribution in [-0.2, 0) is 10.0 Å². The van der Waals surface area contributed by atoms with Gasteiger partial charge >= 0.3 is 0 Å². The summed E-state index contributed by atoms with van der Waals surface area (Å²) in [6, 6.07) is 10.2. The van der Waals surface area contributed by atoms with Gasteiger partial charge in [0, 0.05) is 11.6 Å². The van der Waals surface area contributed by atoms with Crippen LogP contribution in [0.3, 0.4) is 0 Å². The Morgan fingerprint density at radius 3 is 2.52 bits per heavy atom. The van der Waals surface area contributed by atoms with E-state index < -0.39 is 10.0 Å². The summed E-state index contributed by atoms with van der Waals surface area (Å²) in [5, 5.41) is 0.713. The van der Waals surface area contributed by atoms with Crippen molar-refractivity contribution in [1.82, 2.24) is 8.96 Å². The van der Waals surface area contributed by atoms with Gasteiger partial charge in [-0.25, -0.2) is 17.4 Å². The maximum Gasteiger partial charge on any atom is 0.269 e. The van der Waals surface area contributed by atoms with E-state index in [1.807, 2.05) is 6.92 Å². The van der Waals surface area contributed by atoms with Gasteiger partial charge in [0.25, 0.3) is 10.0 Å². The standard InChI is InChI=1S/C15H14N2O3S/c1-11-3-5-14(6-4-11)21(18,19)17-8-7-12-9-13(20-2)10-16-15(12)17/h3-10H,1-2H3. The molecule has 0 bridgehead atoms. The number of fused-ring (bicyclic) bond motifs is 1. The zero-order valence-corrected chi connectivity index (χ0v) is 12.5. The Morgan fingerprint density at radius 2 is 1.86 bits per heavy atom. The maximum absolute atomic E-state index is 12.7. The Balaban J connectivity index is 2.17.